The maximum Gasteiger partial charge on any atom is 0.138 e. The van der Waals surface area contributed by atoms with Gasteiger partial charge in [-0.1, -0.05) is 25.5 Å². The minimum Gasteiger partial charge on any atom is -0.384 e. The number of hydrogen-bond donors (Lipinski definition) is 2. The molecule has 3 N–H and O–H groups in total. The molecule has 0 saturated carbocycles. The molecule has 0 radical (unpaired) electrons. The van der Waals surface area contributed by atoms with E-state index in [-0.39, 0.29) is 17.2 Å². The van der Waals surface area contributed by atoms with E-state index in [1.165, 1.54) is 6.07 Å². The van der Waals surface area contributed by atoms with Crippen LogP contribution in [0.1, 0.15) is 30.9 Å². The Hall–Kier alpha value is -1.03. The molecule has 1 aromatic carbocycles. The van der Waals surface area contributed by atoms with Crippen LogP contribution in [0.2, 0.25) is 0 Å². The maximum absolute atomic E-state index is 13.8. The van der Waals surface area contributed by atoms with Gasteiger partial charge >= 0.3 is 0 Å². The van der Waals surface area contributed by atoms with Crippen LogP contribution in [0.4, 0.5) is 4.39 Å². The van der Waals surface area contributed by atoms with Crippen LogP contribution in [0, 0.1) is 11.2 Å². The molecule has 0 heterocycles. The fourth-order valence-corrected chi connectivity index (χ4v) is 2.41. The van der Waals surface area contributed by atoms with Crippen molar-refractivity contribution in [2.24, 2.45) is 5.73 Å². The van der Waals surface area contributed by atoms with Crippen molar-refractivity contribution in [2.75, 3.05) is 5.75 Å². The Kier molecular flexibility index (Phi) is 5.32. The second-order valence-corrected chi connectivity index (χ2v) is 4.70. The lowest BCUT2D eigenvalue weighted by atomic mass is 10.1. The molecule has 2 nitrogen and oxygen atoms in total. The molecule has 0 unspecified atom stereocenters. The van der Waals surface area contributed by atoms with Crippen LogP contribution >= 0.6 is 11.8 Å². The van der Waals surface area contributed by atoms with Crippen molar-refractivity contribution < 1.29 is 4.39 Å². The van der Waals surface area contributed by atoms with E-state index in [1.54, 1.807) is 23.9 Å². The van der Waals surface area contributed by atoms with Crippen LogP contribution in [-0.2, 0) is 5.75 Å². The second-order valence-electron chi connectivity index (χ2n) is 3.60. The first kappa shape index (κ1) is 13.0. The zero-order valence-corrected chi connectivity index (χ0v) is 10.2. The Morgan fingerprint density at radius 1 is 1.50 bits per heavy atom. The number of halogens is 1. The smallest absolute Gasteiger partial charge is 0.138 e. The number of nitrogen functional groups attached to an aromatic ring is 1. The van der Waals surface area contributed by atoms with Crippen molar-refractivity contribution in [1.29, 1.82) is 5.41 Å². The van der Waals surface area contributed by atoms with Gasteiger partial charge in [0.05, 0.1) is 5.56 Å². The van der Waals surface area contributed by atoms with Crippen LogP contribution in [-0.4, -0.2) is 11.6 Å². The topological polar surface area (TPSA) is 49.9 Å². The van der Waals surface area contributed by atoms with E-state index in [9.17, 15) is 4.39 Å². The van der Waals surface area contributed by atoms with E-state index in [0.717, 1.165) is 18.6 Å². The van der Waals surface area contributed by atoms with Crippen molar-refractivity contribution in [1.82, 2.24) is 0 Å². The van der Waals surface area contributed by atoms with Crippen LogP contribution in [0.3, 0.4) is 0 Å². The molecule has 0 atom stereocenters. The molecular formula is C12H17FN2S. The molecule has 0 bridgehead atoms. The molecule has 0 aromatic heterocycles. The minimum absolute atomic E-state index is 0.202. The molecular weight excluding hydrogens is 223 g/mol. The Labute approximate surface area is 99.9 Å². The van der Waals surface area contributed by atoms with E-state index in [4.69, 9.17) is 11.1 Å². The highest BCUT2D eigenvalue weighted by atomic mass is 32.2. The number of rotatable bonds is 6. The normalized spacial score (nSPS) is 10.4. The van der Waals surface area contributed by atoms with Crippen molar-refractivity contribution in [3.05, 3.63) is 35.1 Å². The summed E-state index contributed by atoms with van der Waals surface area (Å²) in [4.78, 5) is 0. The highest BCUT2D eigenvalue weighted by molar-refractivity contribution is 7.98. The van der Waals surface area contributed by atoms with Crippen LogP contribution in [0.5, 0.6) is 0 Å². The molecule has 4 heteroatoms. The van der Waals surface area contributed by atoms with Gasteiger partial charge in [0.25, 0.3) is 0 Å². The van der Waals surface area contributed by atoms with E-state index in [2.05, 4.69) is 6.92 Å². The number of unbranched alkanes of at least 4 members (excludes halogenated alkanes) is 1. The third-order valence-electron chi connectivity index (χ3n) is 2.27. The van der Waals surface area contributed by atoms with Gasteiger partial charge in [-0.15, -0.1) is 0 Å². The van der Waals surface area contributed by atoms with E-state index < -0.39 is 0 Å². The average molecular weight is 240 g/mol. The van der Waals surface area contributed by atoms with Gasteiger partial charge in [0.15, 0.2) is 0 Å². The third kappa shape index (κ3) is 3.52. The summed E-state index contributed by atoms with van der Waals surface area (Å²) in [5.41, 5.74) is 6.13. The lowest BCUT2D eigenvalue weighted by molar-refractivity contribution is 0.614. The number of thioether (sulfide) groups is 1. The molecule has 1 aromatic rings. The van der Waals surface area contributed by atoms with Gasteiger partial charge in [-0.3, -0.25) is 5.41 Å². The van der Waals surface area contributed by atoms with Gasteiger partial charge in [-0.2, -0.15) is 11.8 Å². The van der Waals surface area contributed by atoms with Crippen LogP contribution < -0.4 is 5.73 Å². The fraction of sp³-hybridized carbons (Fsp3) is 0.417. The second kappa shape index (κ2) is 6.53. The molecule has 1 rings (SSSR count). The molecule has 0 fully saturated rings. The molecule has 0 aliphatic carbocycles. The zero-order valence-electron chi connectivity index (χ0n) is 9.42. The lowest BCUT2D eigenvalue weighted by Crippen LogP contribution is -2.14. The van der Waals surface area contributed by atoms with Crippen molar-refractivity contribution in [2.45, 2.75) is 25.5 Å². The summed E-state index contributed by atoms with van der Waals surface area (Å²) >= 11 is 1.71. The van der Waals surface area contributed by atoms with Crippen molar-refractivity contribution >= 4 is 17.6 Å². The first-order valence-corrected chi connectivity index (χ1v) is 6.51. The van der Waals surface area contributed by atoms with Gasteiger partial charge in [-0.25, -0.2) is 4.39 Å². The molecule has 0 saturated heterocycles. The summed E-state index contributed by atoms with van der Waals surface area (Å²) in [5.74, 6) is 1.13. The molecule has 0 aliphatic heterocycles. The Balaban J connectivity index is 2.66. The largest absolute Gasteiger partial charge is 0.384 e. The number of hydrogen-bond acceptors (Lipinski definition) is 2. The molecule has 0 spiro atoms. The summed E-state index contributed by atoms with van der Waals surface area (Å²) in [5, 5.41) is 7.25. The fourth-order valence-electron chi connectivity index (χ4n) is 1.33. The number of amidine groups is 1. The first-order chi connectivity index (χ1) is 7.66. The quantitative estimate of drug-likeness (QED) is 0.456. The highest BCUT2D eigenvalue weighted by Gasteiger charge is 2.09. The van der Waals surface area contributed by atoms with E-state index >= 15 is 0 Å². The van der Waals surface area contributed by atoms with Gasteiger partial charge < -0.3 is 5.73 Å². The SMILES string of the molecule is CCCCSCc1cccc(C(=N)N)c1F. The van der Waals surface area contributed by atoms with Gasteiger partial charge in [-0.05, 0) is 23.8 Å². The highest BCUT2D eigenvalue weighted by Crippen LogP contribution is 2.19. The Morgan fingerprint density at radius 3 is 2.88 bits per heavy atom. The predicted octanol–water partition coefficient (Wildman–Crippen LogP) is 3.14. The Bertz CT molecular complexity index is 366. The minimum atomic E-state index is -0.348. The molecule has 16 heavy (non-hydrogen) atoms. The monoisotopic (exact) mass is 240 g/mol. The molecule has 0 aliphatic rings. The summed E-state index contributed by atoms with van der Waals surface area (Å²) in [6.45, 7) is 2.14. The van der Waals surface area contributed by atoms with Gasteiger partial charge in [0.1, 0.15) is 11.7 Å². The van der Waals surface area contributed by atoms with E-state index in [1.807, 2.05) is 0 Å². The van der Waals surface area contributed by atoms with Crippen molar-refractivity contribution in [3.63, 3.8) is 0 Å². The Morgan fingerprint density at radius 2 is 2.25 bits per heavy atom. The molecule has 0 amide bonds. The predicted molar refractivity (Wildman–Crippen MR) is 68.5 cm³/mol. The maximum atomic E-state index is 13.8. The average Bonchev–Trinajstić information content (AvgIpc) is 2.26. The third-order valence-corrected chi connectivity index (χ3v) is 3.36. The summed E-state index contributed by atoms with van der Waals surface area (Å²) < 4.78 is 13.8. The number of nitrogens with one attached hydrogen (secondary N) is 1. The summed E-state index contributed by atoms with van der Waals surface area (Å²) in [7, 11) is 0. The first-order valence-electron chi connectivity index (χ1n) is 5.36. The number of benzene rings is 1. The van der Waals surface area contributed by atoms with Crippen molar-refractivity contribution in [3.8, 4) is 0 Å². The lowest BCUT2D eigenvalue weighted by Gasteiger charge is -2.06. The molecule has 88 valence electrons. The summed E-state index contributed by atoms with van der Waals surface area (Å²) in [6, 6.07) is 5.04. The van der Waals surface area contributed by atoms with Crippen LogP contribution in [0.25, 0.3) is 0 Å². The van der Waals surface area contributed by atoms with Gasteiger partial charge in [0, 0.05) is 5.75 Å². The van der Waals surface area contributed by atoms with Gasteiger partial charge in [0.2, 0.25) is 0 Å². The van der Waals surface area contributed by atoms with Crippen LogP contribution in [0.15, 0.2) is 18.2 Å². The standard InChI is InChI=1S/C12H17FN2S/c1-2-3-7-16-8-9-5-4-6-10(11(9)13)12(14)15/h4-6H,2-3,7-8H2,1H3,(H3,14,15). The van der Waals surface area contributed by atoms with E-state index in [0.29, 0.717) is 11.3 Å². The zero-order chi connectivity index (χ0) is 12.0. The summed E-state index contributed by atoms with van der Waals surface area (Å²) in [6.07, 6.45) is 2.31. The number of nitrogens with two attached hydrogens (primary N) is 1.